The Kier molecular flexibility index (Phi) is 4.07. The molecule has 0 fully saturated rings. The van der Waals surface area contributed by atoms with Crippen LogP contribution in [0.2, 0.25) is 0 Å². The second-order valence-electron chi connectivity index (χ2n) is 6.76. The van der Waals surface area contributed by atoms with Crippen molar-refractivity contribution in [1.29, 1.82) is 0 Å². The summed E-state index contributed by atoms with van der Waals surface area (Å²) in [5.74, 6) is -0.226. The summed E-state index contributed by atoms with van der Waals surface area (Å²) in [4.78, 5) is 25.8. The number of para-hydroxylation sites is 1. The fourth-order valence-corrected chi connectivity index (χ4v) is 3.59. The Balaban J connectivity index is 1.90. The van der Waals surface area contributed by atoms with E-state index in [1.165, 1.54) is 10.1 Å². The fourth-order valence-electron chi connectivity index (χ4n) is 3.59. The van der Waals surface area contributed by atoms with Gasteiger partial charge in [0.25, 0.3) is 11.5 Å². The van der Waals surface area contributed by atoms with Crippen molar-refractivity contribution in [2.45, 2.75) is 13.3 Å². The van der Waals surface area contributed by atoms with Gasteiger partial charge in [0.05, 0.1) is 5.56 Å². The van der Waals surface area contributed by atoms with Gasteiger partial charge < -0.3 is 14.5 Å². The first kappa shape index (κ1) is 17.1. The van der Waals surface area contributed by atoms with Crippen LogP contribution in [0.15, 0.2) is 59.5 Å². The number of carbonyl (C=O) groups excluding carboxylic acids is 1. The van der Waals surface area contributed by atoms with Gasteiger partial charge in [-0.3, -0.25) is 9.59 Å². The topological polar surface area (TPSA) is 56.0 Å². The molecule has 1 amide bonds. The van der Waals surface area contributed by atoms with Crippen molar-refractivity contribution in [3.63, 3.8) is 0 Å². The maximum atomic E-state index is 13.1. The number of nitrogens with zero attached hydrogens (tertiary/aromatic N) is 2. The molecule has 0 aliphatic rings. The van der Waals surface area contributed by atoms with E-state index in [4.69, 9.17) is 0 Å². The zero-order valence-electron chi connectivity index (χ0n) is 15.6. The Labute approximate surface area is 156 Å². The van der Waals surface area contributed by atoms with E-state index < -0.39 is 0 Å². The van der Waals surface area contributed by atoms with Gasteiger partial charge >= 0.3 is 0 Å². The van der Waals surface area contributed by atoms with Gasteiger partial charge in [0.15, 0.2) is 0 Å². The van der Waals surface area contributed by atoms with Crippen molar-refractivity contribution in [2.75, 3.05) is 5.32 Å². The first-order valence-corrected chi connectivity index (χ1v) is 8.98. The number of pyridine rings is 1. The van der Waals surface area contributed by atoms with Crippen molar-refractivity contribution in [1.82, 2.24) is 9.13 Å². The molecule has 2 aromatic carbocycles. The van der Waals surface area contributed by atoms with Crippen LogP contribution in [0.25, 0.3) is 21.8 Å². The molecule has 0 spiro atoms. The number of hydrogen-bond acceptors (Lipinski definition) is 2. The number of benzene rings is 2. The van der Waals surface area contributed by atoms with Gasteiger partial charge in [-0.2, -0.15) is 0 Å². The molecular formula is C22H21N3O2. The van der Waals surface area contributed by atoms with E-state index in [2.05, 4.69) is 12.2 Å². The third-order valence-corrected chi connectivity index (χ3v) is 5.09. The molecule has 0 atom stereocenters. The van der Waals surface area contributed by atoms with Gasteiger partial charge in [0, 0.05) is 42.3 Å². The fraction of sp³-hybridized carbons (Fsp3) is 0.182. The van der Waals surface area contributed by atoms with Crippen molar-refractivity contribution in [2.24, 2.45) is 14.1 Å². The number of aromatic nitrogens is 2. The number of nitrogens with one attached hydrogen (secondary N) is 1. The second kappa shape index (κ2) is 6.43. The normalized spacial score (nSPS) is 11.2. The summed E-state index contributed by atoms with van der Waals surface area (Å²) in [6.07, 6.45) is 2.57. The highest BCUT2D eigenvalue weighted by Crippen LogP contribution is 2.29. The highest BCUT2D eigenvalue weighted by atomic mass is 16.2. The number of rotatable bonds is 3. The molecular weight excluding hydrogens is 338 g/mol. The van der Waals surface area contributed by atoms with Crippen molar-refractivity contribution in [3.05, 3.63) is 76.2 Å². The lowest BCUT2D eigenvalue weighted by atomic mass is 10.1. The smallest absolute Gasteiger partial charge is 0.274 e. The molecule has 136 valence electrons. The molecule has 4 aromatic rings. The maximum absolute atomic E-state index is 13.1. The first-order valence-electron chi connectivity index (χ1n) is 8.98. The van der Waals surface area contributed by atoms with Gasteiger partial charge in [0.2, 0.25) is 0 Å². The summed E-state index contributed by atoms with van der Waals surface area (Å²) in [5, 5.41) is 4.55. The average Bonchev–Trinajstić information content (AvgIpc) is 2.98. The summed E-state index contributed by atoms with van der Waals surface area (Å²) >= 11 is 0. The minimum Gasteiger partial charge on any atom is -0.339 e. The highest BCUT2D eigenvalue weighted by Gasteiger charge is 2.20. The van der Waals surface area contributed by atoms with Crippen LogP contribution in [-0.4, -0.2) is 15.0 Å². The molecule has 0 unspecified atom stereocenters. The van der Waals surface area contributed by atoms with Crippen LogP contribution in [0.1, 0.15) is 22.8 Å². The van der Waals surface area contributed by atoms with E-state index in [1.54, 1.807) is 13.2 Å². The van der Waals surface area contributed by atoms with Crippen molar-refractivity contribution < 1.29 is 4.79 Å². The number of fused-ring (bicyclic) bond motifs is 3. The summed E-state index contributed by atoms with van der Waals surface area (Å²) in [7, 11) is 3.53. The molecule has 5 heteroatoms. The van der Waals surface area contributed by atoms with E-state index in [0.29, 0.717) is 16.5 Å². The molecule has 0 aliphatic heterocycles. The molecule has 0 saturated carbocycles. The Morgan fingerprint density at radius 1 is 1.04 bits per heavy atom. The van der Waals surface area contributed by atoms with Crippen molar-refractivity contribution >= 4 is 33.4 Å². The van der Waals surface area contributed by atoms with Crippen LogP contribution in [-0.2, 0) is 20.5 Å². The van der Waals surface area contributed by atoms with E-state index in [-0.39, 0.29) is 11.5 Å². The molecule has 2 heterocycles. The van der Waals surface area contributed by atoms with Crippen LogP contribution in [0.5, 0.6) is 0 Å². The molecule has 5 nitrogen and oxygen atoms in total. The Hall–Kier alpha value is -3.34. The Morgan fingerprint density at radius 2 is 1.74 bits per heavy atom. The Bertz CT molecular complexity index is 1230. The lowest BCUT2D eigenvalue weighted by Gasteiger charge is -2.09. The highest BCUT2D eigenvalue weighted by molar-refractivity contribution is 6.20. The summed E-state index contributed by atoms with van der Waals surface area (Å²) < 4.78 is 3.33. The van der Waals surface area contributed by atoms with Gasteiger partial charge in [-0.1, -0.05) is 37.3 Å². The molecule has 0 bridgehead atoms. The van der Waals surface area contributed by atoms with E-state index in [0.717, 1.165) is 23.0 Å². The first-order chi connectivity index (χ1) is 13.0. The zero-order valence-corrected chi connectivity index (χ0v) is 15.6. The van der Waals surface area contributed by atoms with E-state index in [1.807, 2.05) is 60.1 Å². The van der Waals surface area contributed by atoms with Gasteiger partial charge in [-0.25, -0.2) is 0 Å². The van der Waals surface area contributed by atoms with Crippen LogP contribution >= 0.6 is 0 Å². The summed E-state index contributed by atoms with van der Waals surface area (Å²) in [6.45, 7) is 2.09. The lowest BCUT2D eigenvalue weighted by Crippen LogP contribution is -2.22. The number of carbonyl (C=O) groups is 1. The number of hydrogen-bond donors (Lipinski definition) is 1. The third-order valence-electron chi connectivity index (χ3n) is 5.09. The second-order valence-corrected chi connectivity index (χ2v) is 6.76. The predicted molar refractivity (Wildman–Crippen MR) is 109 cm³/mol. The molecule has 0 aliphatic carbocycles. The standard InChI is InChI=1S/C22H21N3O2/c1-4-14-9-11-15(12-10-14)23-21(26)17-13-24(2)22(27)20-19(17)16-7-5-6-8-18(16)25(20)3/h5-13H,4H2,1-3H3,(H,23,26). The van der Waals surface area contributed by atoms with E-state index in [9.17, 15) is 9.59 Å². The molecule has 1 N–H and O–H groups in total. The lowest BCUT2D eigenvalue weighted by molar-refractivity contribution is 0.102. The van der Waals surface area contributed by atoms with Crippen LogP contribution < -0.4 is 10.9 Å². The van der Waals surface area contributed by atoms with Gasteiger partial charge in [-0.15, -0.1) is 0 Å². The number of anilines is 1. The van der Waals surface area contributed by atoms with E-state index >= 15 is 0 Å². The maximum Gasteiger partial charge on any atom is 0.274 e. The minimum atomic E-state index is -0.226. The summed E-state index contributed by atoms with van der Waals surface area (Å²) in [5.41, 5.74) is 3.78. The predicted octanol–water partition coefficient (Wildman–Crippen LogP) is 3.84. The largest absolute Gasteiger partial charge is 0.339 e. The molecule has 4 rings (SSSR count). The third kappa shape index (κ3) is 2.72. The van der Waals surface area contributed by atoms with Crippen LogP contribution in [0.3, 0.4) is 0 Å². The van der Waals surface area contributed by atoms with Crippen LogP contribution in [0.4, 0.5) is 5.69 Å². The average molecular weight is 359 g/mol. The minimum absolute atomic E-state index is 0.118. The molecule has 0 saturated heterocycles. The monoisotopic (exact) mass is 359 g/mol. The molecule has 0 radical (unpaired) electrons. The van der Waals surface area contributed by atoms with Crippen LogP contribution in [0, 0.1) is 0 Å². The zero-order chi connectivity index (χ0) is 19.1. The number of aryl methyl sites for hydroxylation is 3. The molecule has 2 aromatic heterocycles. The van der Waals surface area contributed by atoms with Crippen molar-refractivity contribution in [3.8, 4) is 0 Å². The Morgan fingerprint density at radius 3 is 2.44 bits per heavy atom. The SMILES string of the molecule is CCc1ccc(NC(=O)c2cn(C)c(=O)c3c2c2ccccc2n3C)cc1. The van der Waals surface area contributed by atoms with Gasteiger partial charge in [-0.05, 0) is 30.2 Å². The van der Waals surface area contributed by atoms with Gasteiger partial charge in [0.1, 0.15) is 5.52 Å². The quantitative estimate of drug-likeness (QED) is 0.604. The molecule has 27 heavy (non-hydrogen) atoms. The number of amides is 1. The summed E-state index contributed by atoms with van der Waals surface area (Å²) in [6, 6.07) is 15.6.